The Labute approximate surface area is 109 Å². The monoisotopic (exact) mass is 262 g/mol. The predicted octanol–water partition coefficient (Wildman–Crippen LogP) is -0.282. The lowest BCUT2D eigenvalue weighted by atomic mass is 10.1. The second-order valence-corrected chi connectivity index (χ2v) is 4.48. The molecule has 1 aromatic rings. The third-order valence-electron chi connectivity index (χ3n) is 3.14. The Morgan fingerprint density at radius 3 is 2.74 bits per heavy atom. The van der Waals surface area contributed by atoms with Gasteiger partial charge in [0.2, 0.25) is 5.95 Å². The molecular weight excluding hydrogens is 248 g/mol. The van der Waals surface area contributed by atoms with E-state index in [1.165, 1.54) is 4.90 Å². The second kappa shape index (κ2) is 4.71. The molecule has 8 nitrogen and oxygen atoms in total. The van der Waals surface area contributed by atoms with Crippen LogP contribution in [0.4, 0.5) is 15.5 Å². The Bertz CT molecular complexity index is 487. The Balaban J connectivity index is 1.50. The third kappa shape index (κ3) is 2.28. The van der Waals surface area contributed by atoms with Gasteiger partial charge in [0, 0.05) is 38.6 Å². The number of carbonyl (C=O) groups excluding carboxylic acids is 2. The largest absolute Gasteiger partial charge is 0.348 e. The molecule has 0 aromatic carbocycles. The number of likely N-dealkylation sites (tertiary alicyclic amines) is 1. The fourth-order valence-corrected chi connectivity index (χ4v) is 2.11. The number of urea groups is 2. The minimum absolute atomic E-state index is 0.136. The van der Waals surface area contributed by atoms with Gasteiger partial charge in [0.15, 0.2) is 0 Å². The van der Waals surface area contributed by atoms with Crippen LogP contribution in [0.5, 0.6) is 0 Å². The van der Waals surface area contributed by atoms with E-state index in [1.807, 2.05) is 0 Å². The molecule has 100 valence electrons. The van der Waals surface area contributed by atoms with Crippen LogP contribution in [-0.2, 0) is 0 Å². The van der Waals surface area contributed by atoms with E-state index >= 15 is 0 Å². The fourth-order valence-electron chi connectivity index (χ4n) is 2.11. The standard InChI is InChI=1S/C11H14N6O2/c18-10-14-4-5-17(10)11(19)16-6-8(7-16)15-9-12-2-1-3-13-9/h1-3,8H,4-7H2,(H,14,18)(H,12,13,15). The van der Waals surface area contributed by atoms with Crippen LogP contribution < -0.4 is 10.6 Å². The van der Waals surface area contributed by atoms with Crippen LogP contribution in [0.2, 0.25) is 0 Å². The van der Waals surface area contributed by atoms with Crippen LogP contribution in [-0.4, -0.2) is 64.1 Å². The molecule has 0 spiro atoms. The number of nitrogens with one attached hydrogen (secondary N) is 2. The van der Waals surface area contributed by atoms with Crippen molar-refractivity contribution in [2.75, 3.05) is 31.5 Å². The SMILES string of the molecule is O=C1NCCN1C(=O)N1CC(Nc2ncccn2)C1. The lowest BCUT2D eigenvalue weighted by molar-refractivity contribution is 0.131. The number of aromatic nitrogens is 2. The van der Waals surface area contributed by atoms with Gasteiger partial charge in [0.1, 0.15) is 0 Å². The van der Waals surface area contributed by atoms with E-state index in [1.54, 1.807) is 23.4 Å². The quantitative estimate of drug-likeness (QED) is 0.765. The van der Waals surface area contributed by atoms with E-state index < -0.39 is 0 Å². The summed E-state index contributed by atoms with van der Waals surface area (Å²) < 4.78 is 0. The Morgan fingerprint density at radius 2 is 2.11 bits per heavy atom. The van der Waals surface area contributed by atoms with Crippen LogP contribution in [0.15, 0.2) is 18.5 Å². The highest BCUT2D eigenvalue weighted by molar-refractivity contribution is 5.95. The molecule has 2 fully saturated rings. The fraction of sp³-hybridized carbons (Fsp3) is 0.455. The number of hydrogen-bond donors (Lipinski definition) is 2. The van der Waals surface area contributed by atoms with Gasteiger partial charge < -0.3 is 15.5 Å². The van der Waals surface area contributed by atoms with Crippen LogP contribution in [0.25, 0.3) is 0 Å². The summed E-state index contributed by atoms with van der Waals surface area (Å²) in [6.07, 6.45) is 3.32. The predicted molar refractivity (Wildman–Crippen MR) is 66.5 cm³/mol. The van der Waals surface area contributed by atoms with Crippen molar-refractivity contribution in [3.63, 3.8) is 0 Å². The molecule has 2 saturated heterocycles. The summed E-state index contributed by atoms with van der Waals surface area (Å²) in [5, 5.41) is 5.74. The molecule has 4 amide bonds. The minimum Gasteiger partial charge on any atom is -0.348 e. The average Bonchev–Trinajstić information content (AvgIpc) is 2.80. The topological polar surface area (TPSA) is 90.5 Å². The first-order valence-corrected chi connectivity index (χ1v) is 6.12. The second-order valence-electron chi connectivity index (χ2n) is 4.48. The van der Waals surface area contributed by atoms with Gasteiger partial charge in [-0.05, 0) is 6.07 Å². The summed E-state index contributed by atoms with van der Waals surface area (Å²) in [6.45, 7) is 2.08. The van der Waals surface area contributed by atoms with Crippen molar-refractivity contribution in [1.82, 2.24) is 25.1 Å². The minimum atomic E-state index is -0.312. The number of carbonyl (C=O) groups is 2. The number of amides is 4. The number of hydrogen-bond acceptors (Lipinski definition) is 5. The van der Waals surface area contributed by atoms with Crippen molar-refractivity contribution in [2.24, 2.45) is 0 Å². The van der Waals surface area contributed by atoms with Gasteiger partial charge in [0.05, 0.1) is 6.04 Å². The number of imide groups is 1. The van der Waals surface area contributed by atoms with E-state index in [2.05, 4.69) is 20.6 Å². The van der Waals surface area contributed by atoms with E-state index in [0.717, 1.165) is 0 Å². The van der Waals surface area contributed by atoms with Gasteiger partial charge in [-0.15, -0.1) is 0 Å². The molecule has 3 heterocycles. The van der Waals surface area contributed by atoms with Crippen molar-refractivity contribution in [2.45, 2.75) is 6.04 Å². The molecule has 0 unspecified atom stereocenters. The normalized spacial score (nSPS) is 19.1. The van der Waals surface area contributed by atoms with Crippen molar-refractivity contribution < 1.29 is 9.59 Å². The highest BCUT2D eigenvalue weighted by atomic mass is 16.2. The third-order valence-corrected chi connectivity index (χ3v) is 3.14. The zero-order valence-electron chi connectivity index (χ0n) is 10.2. The molecule has 2 aliphatic heterocycles. The average molecular weight is 262 g/mol. The van der Waals surface area contributed by atoms with Gasteiger partial charge >= 0.3 is 12.1 Å². The van der Waals surface area contributed by atoms with E-state index in [-0.39, 0.29) is 18.1 Å². The van der Waals surface area contributed by atoms with Gasteiger partial charge in [-0.25, -0.2) is 24.5 Å². The molecule has 2 N–H and O–H groups in total. The van der Waals surface area contributed by atoms with Crippen LogP contribution in [0.3, 0.4) is 0 Å². The van der Waals surface area contributed by atoms with Gasteiger partial charge in [0.25, 0.3) is 0 Å². The zero-order chi connectivity index (χ0) is 13.2. The van der Waals surface area contributed by atoms with E-state index in [4.69, 9.17) is 0 Å². The molecular formula is C11H14N6O2. The Hall–Kier alpha value is -2.38. The van der Waals surface area contributed by atoms with Crippen molar-refractivity contribution in [3.05, 3.63) is 18.5 Å². The number of anilines is 1. The molecule has 1 aromatic heterocycles. The van der Waals surface area contributed by atoms with Crippen LogP contribution in [0, 0.1) is 0 Å². The maximum Gasteiger partial charge on any atom is 0.328 e. The molecule has 0 atom stereocenters. The first-order valence-electron chi connectivity index (χ1n) is 6.12. The Kier molecular flexibility index (Phi) is 2.90. The van der Waals surface area contributed by atoms with E-state index in [0.29, 0.717) is 32.1 Å². The lowest BCUT2D eigenvalue weighted by Gasteiger charge is -2.40. The molecule has 3 rings (SSSR count). The highest BCUT2D eigenvalue weighted by Gasteiger charge is 2.37. The van der Waals surface area contributed by atoms with Crippen molar-refractivity contribution >= 4 is 18.0 Å². The van der Waals surface area contributed by atoms with Crippen LogP contribution in [0.1, 0.15) is 0 Å². The molecule has 0 saturated carbocycles. The molecule has 19 heavy (non-hydrogen) atoms. The van der Waals surface area contributed by atoms with Crippen molar-refractivity contribution in [3.8, 4) is 0 Å². The maximum absolute atomic E-state index is 12.0. The summed E-state index contributed by atoms with van der Waals surface area (Å²) in [5.74, 6) is 0.554. The first kappa shape index (κ1) is 11.7. The maximum atomic E-state index is 12.0. The van der Waals surface area contributed by atoms with Gasteiger partial charge in [-0.2, -0.15) is 0 Å². The molecule has 0 aliphatic carbocycles. The number of nitrogens with zero attached hydrogens (tertiary/aromatic N) is 4. The molecule has 0 bridgehead atoms. The summed E-state index contributed by atoms with van der Waals surface area (Å²) in [7, 11) is 0. The van der Waals surface area contributed by atoms with Gasteiger partial charge in [-0.1, -0.05) is 0 Å². The summed E-state index contributed by atoms with van der Waals surface area (Å²) in [5.41, 5.74) is 0. The highest BCUT2D eigenvalue weighted by Crippen LogP contribution is 2.15. The lowest BCUT2D eigenvalue weighted by Crippen LogP contribution is -2.60. The first-order chi connectivity index (χ1) is 9.24. The number of rotatable bonds is 2. The summed E-state index contributed by atoms with van der Waals surface area (Å²) in [6, 6.07) is 1.33. The summed E-state index contributed by atoms with van der Waals surface area (Å²) >= 11 is 0. The van der Waals surface area contributed by atoms with Gasteiger partial charge in [-0.3, -0.25) is 0 Å². The Morgan fingerprint density at radius 1 is 1.37 bits per heavy atom. The van der Waals surface area contributed by atoms with Crippen molar-refractivity contribution in [1.29, 1.82) is 0 Å². The van der Waals surface area contributed by atoms with E-state index in [9.17, 15) is 9.59 Å². The molecule has 2 aliphatic rings. The smallest absolute Gasteiger partial charge is 0.328 e. The molecule has 0 radical (unpaired) electrons. The zero-order valence-corrected chi connectivity index (χ0v) is 10.2. The molecule has 8 heteroatoms. The van der Waals surface area contributed by atoms with Crippen LogP contribution >= 0.6 is 0 Å². The summed E-state index contributed by atoms with van der Waals surface area (Å²) in [4.78, 5) is 34.3.